The Morgan fingerprint density at radius 3 is 2.54 bits per heavy atom. The molecule has 3 heteroatoms. The van der Waals surface area contributed by atoms with Crippen LogP contribution in [-0.2, 0) is 12.0 Å². The zero-order valence-electron chi connectivity index (χ0n) is 16.5. The highest BCUT2D eigenvalue weighted by Crippen LogP contribution is 2.34. The summed E-state index contributed by atoms with van der Waals surface area (Å²) < 4.78 is 5.80. The predicted octanol–water partition coefficient (Wildman–Crippen LogP) is 4.58. The molecule has 0 amide bonds. The Kier molecular flexibility index (Phi) is 6.00. The van der Waals surface area contributed by atoms with Crippen LogP contribution in [-0.4, -0.2) is 19.7 Å². The van der Waals surface area contributed by atoms with Crippen LogP contribution in [0.1, 0.15) is 56.3 Å². The van der Waals surface area contributed by atoms with Gasteiger partial charge < -0.3 is 15.4 Å². The molecular weight excluding hydrogens is 320 g/mol. The molecule has 1 aliphatic rings. The molecule has 1 aliphatic heterocycles. The first kappa shape index (κ1) is 18.9. The zero-order chi connectivity index (χ0) is 18.6. The van der Waals surface area contributed by atoms with Gasteiger partial charge >= 0.3 is 0 Å². The molecule has 3 nitrogen and oxygen atoms in total. The Morgan fingerprint density at radius 2 is 1.85 bits per heavy atom. The number of benzene rings is 2. The summed E-state index contributed by atoms with van der Waals surface area (Å²) in [7, 11) is 1.78. The van der Waals surface area contributed by atoms with Crippen molar-refractivity contribution >= 4 is 0 Å². The standard InChI is InChI=1S/C23H32N2O/c1-23(2,3)19-13-8-12-18(22(19)26-4)16-25-20-14-9-15-24-21(20)17-10-6-5-7-11-17/h5-8,10-13,20-21,24-25H,9,14-16H2,1-4H3/t20-,21-/m1/s1. The largest absolute Gasteiger partial charge is 0.496 e. The molecule has 2 atom stereocenters. The molecule has 1 heterocycles. The summed E-state index contributed by atoms with van der Waals surface area (Å²) in [5.74, 6) is 1.02. The topological polar surface area (TPSA) is 33.3 Å². The molecule has 2 N–H and O–H groups in total. The Hall–Kier alpha value is -1.84. The average molecular weight is 353 g/mol. The minimum atomic E-state index is 0.0698. The van der Waals surface area contributed by atoms with Gasteiger partial charge in [0.05, 0.1) is 7.11 Å². The molecule has 0 saturated carbocycles. The molecule has 0 spiro atoms. The Labute approximate surface area is 158 Å². The van der Waals surface area contributed by atoms with Gasteiger partial charge in [-0.3, -0.25) is 0 Å². The van der Waals surface area contributed by atoms with Gasteiger partial charge in [0.2, 0.25) is 0 Å². The van der Waals surface area contributed by atoms with E-state index in [1.165, 1.54) is 29.5 Å². The van der Waals surface area contributed by atoms with Crippen molar-refractivity contribution in [2.45, 2.75) is 57.7 Å². The molecule has 0 bridgehead atoms. The lowest BCUT2D eigenvalue weighted by Gasteiger charge is -2.34. The van der Waals surface area contributed by atoms with E-state index in [9.17, 15) is 0 Å². The molecule has 0 radical (unpaired) electrons. The van der Waals surface area contributed by atoms with Gasteiger partial charge in [-0.05, 0) is 35.9 Å². The van der Waals surface area contributed by atoms with Gasteiger partial charge in [-0.1, -0.05) is 69.3 Å². The summed E-state index contributed by atoms with van der Waals surface area (Å²) in [5, 5.41) is 7.49. The van der Waals surface area contributed by atoms with E-state index in [2.05, 4.69) is 79.9 Å². The van der Waals surface area contributed by atoms with E-state index >= 15 is 0 Å². The summed E-state index contributed by atoms with van der Waals surface area (Å²) in [5.41, 5.74) is 3.93. The molecule has 140 valence electrons. The van der Waals surface area contributed by atoms with Crippen LogP contribution < -0.4 is 15.4 Å². The van der Waals surface area contributed by atoms with E-state index in [0.29, 0.717) is 12.1 Å². The summed E-state index contributed by atoms with van der Waals surface area (Å²) in [6.07, 6.45) is 2.40. The Balaban J connectivity index is 1.77. The Morgan fingerprint density at radius 1 is 1.08 bits per heavy atom. The van der Waals surface area contributed by atoms with Crippen molar-refractivity contribution in [2.75, 3.05) is 13.7 Å². The number of para-hydroxylation sites is 1. The lowest BCUT2D eigenvalue weighted by atomic mass is 9.85. The SMILES string of the molecule is COc1c(CN[C@@H]2CCCN[C@@H]2c2ccccc2)cccc1C(C)(C)C. The van der Waals surface area contributed by atoms with E-state index in [1.54, 1.807) is 7.11 Å². The van der Waals surface area contributed by atoms with Crippen LogP contribution in [0.25, 0.3) is 0 Å². The lowest BCUT2D eigenvalue weighted by molar-refractivity contribution is 0.302. The number of rotatable bonds is 5. The zero-order valence-corrected chi connectivity index (χ0v) is 16.5. The first-order valence-corrected chi connectivity index (χ1v) is 9.69. The van der Waals surface area contributed by atoms with Crippen molar-refractivity contribution in [1.82, 2.24) is 10.6 Å². The van der Waals surface area contributed by atoms with Crippen LogP contribution >= 0.6 is 0 Å². The van der Waals surface area contributed by atoms with Crippen molar-refractivity contribution in [3.63, 3.8) is 0 Å². The average Bonchev–Trinajstić information content (AvgIpc) is 2.66. The second kappa shape index (κ2) is 8.24. The highest BCUT2D eigenvalue weighted by Gasteiger charge is 2.26. The van der Waals surface area contributed by atoms with Crippen LogP contribution in [0, 0.1) is 0 Å². The maximum atomic E-state index is 5.80. The summed E-state index contributed by atoms with van der Waals surface area (Å²) in [6.45, 7) is 8.61. The van der Waals surface area contributed by atoms with Crippen LogP contribution in [0.4, 0.5) is 0 Å². The van der Waals surface area contributed by atoms with Gasteiger partial charge in [0, 0.05) is 24.2 Å². The molecule has 26 heavy (non-hydrogen) atoms. The molecule has 2 aromatic rings. The van der Waals surface area contributed by atoms with E-state index in [0.717, 1.165) is 18.8 Å². The fourth-order valence-electron chi connectivity index (χ4n) is 3.92. The first-order chi connectivity index (χ1) is 12.5. The van der Waals surface area contributed by atoms with Gasteiger partial charge in [-0.2, -0.15) is 0 Å². The number of ether oxygens (including phenoxy) is 1. The summed E-state index contributed by atoms with van der Waals surface area (Å²) >= 11 is 0. The van der Waals surface area contributed by atoms with Gasteiger partial charge in [0.1, 0.15) is 5.75 Å². The molecule has 0 unspecified atom stereocenters. The van der Waals surface area contributed by atoms with Gasteiger partial charge in [0.15, 0.2) is 0 Å². The molecule has 0 aliphatic carbocycles. The number of nitrogens with one attached hydrogen (secondary N) is 2. The second-order valence-electron chi connectivity index (χ2n) is 8.22. The van der Waals surface area contributed by atoms with Crippen molar-refractivity contribution < 1.29 is 4.74 Å². The third kappa shape index (κ3) is 4.28. The fourth-order valence-corrected chi connectivity index (χ4v) is 3.92. The highest BCUT2D eigenvalue weighted by molar-refractivity contribution is 5.45. The van der Waals surface area contributed by atoms with Gasteiger partial charge in [-0.15, -0.1) is 0 Å². The molecular formula is C23H32N2O. The quantitative estimate of drug-likeness (QED) is 0.826. The van der Waals surface area contributed by atoms with E-state index in [4.69, 9.17) is 4.74 Å². The first-order valence-electron chi connectivity index (χ1n) is 9.69. The van der Waals surface area contributed by atoms with Crippen molar-refractivity contribution in [3.8, 4) is 5.75 Å². The number of hydrogen-bond donors (Lipinski definition) is 2. The van der Waals surface area contributed by atoms with Gasteiger partial charge in [0.25, 0.3) is 0 Å². The molecule has 2 aromatic carbocycles. The van der Waals surface area contributed by atoms with E-state index in [1.807, 2.05) is 0 Å². The van der Waals surface area contributed by atoms with Gasteiger partial charge in [-0.25, -0.2) is 0 Å². The van der Waals surface area contributed by atoms with Crippen LogP contribution in [0.3, 0.4) is 0 Å². The predicted molar refractivity (Wildman–Crippen MR) is 109 cm³/mol. The monoisotopic (exact) mass is 352 g/mol. The van der Waals surface area contributed by atoms with E-state index in [-0.39, 0.29) is 5.41 Å². The summed E-state index contributed by atoms with van der Waals surface area (Å²) in [4.78, 5) is 0. The van der Waals surface area contributed by atoms with Crippen LogP contribution in [0.2, 0.25) is 0 Å². The number of piperidine rings is 1. The molecule has 0 aromatic heterocycles. The summed E-state index contributed by atoms with van der Waals surface area (Å²) in [6, 6.07) is 18.1. The third-order valence-corrected chi connectivity index (χ3v) is 5.28. The maximum absolute atomic E-state index is 5.80. The Bertz CT molecular complexity index is 706. The second-order valence-corrected chi connectivity index (χ2v) is 8.22. The number of hydrogen-bond acceptors (Lipinski definition) is 3. The van der Waals surface area contributed by atoms with E-state index < -0.39 is 0 Å². The minimum Gasteiger partial charge on any atom is -0.496 e. The lowest BCUT2D eigenvalue weighted by Crippen LogP contribution is -2.45. The molecule has 1 saturated heterocycles. The molecule has 1 fully saturated rings. The van der Waals surface area contributed by atoms with Crippen molar-refractivity contribution in [3.05, 3.63) is 65.2 Å². The smallest absolute Gasteiger partial charge is 0.127 e. The normalized spacial score (nSPS) is 20.8. The third-order valence-electron chi connectivity index (χ3n) is 5.28. The molecule has 3 rings (SSSR count). The van der Waals surface area contributed by atoms with Crippen LogP contribution in [0.15, 0.2) is 48.5 Å². The van der Waals surface area contributed by atoms with Crippen molar-refractivity contribution in [2.24, 2.45) is 0 Å². The highest BCUT2D eigenvalue weighted by atomic mass is 16.5. The fraction of sp³-hybridized carbons (Fsp3) is 0.478. The number of methoxy groups -OCH3 is 1. The van der Waals surface area contributed by atoms with Crippen molar-refractivity contribution in [1.29, 1.82) is 0 Å². The van der Waals surface area contributed by atoms with Crippen LogP contribution in [0.5, 0.6) is 5.75 Å². The maximum Gasteiger partial charge on any atom is 0.127 e. The minimum absolute atomic E-state index is 0.0698.